The molecular weight excluding hydrogens is 829 g/mol. The smallest absolute Gasteiger partial charge is 0.159 e. The molecule has 0 amide bonds. The maximum absolute atomic E-state index is 6.87. The lowest BCUT2D eigenvalue weighted by atomic mass is 9.59. The van der Waals surface area contributed by atoms with Crippen LogP contribution in [0.2, 0.25) is 0 Å². The van der Waals surface area contributed by atoms with Crippen LogP contribution in [0.4, 0.5) is 22.7 Å². The number of benzene rings is 6. The van der Waals surface area contributed by atoms with Gasteiger partial charge in [0.05, 0.1) is 22.8 Å². The van der Waals surface area contributed by atoms with Gasteiger partial charge in [-0.3, -0.25) is 0 Å². The first-order valence-electron chi connectivity index (χ1n) is 24.7. The van der Waals surface area contributed by atoms with Gasteiger partial charge in [-0.15, -0.1) is 0 Å². The quantitative estimate of drug-likeness (QED) is 0.137. The van der Waals surface area contributed by atoms with E-state index in [2.05, 4.69) is 235 Å². The number of anilines is 4. The number of para-hydroxylation sites is 4. The zero-order valence-corrected chi connectivity index (χ0v) is 40.3. The molecule has 0 spiro atoms. The molecule has 2 unspecified atom stereocenters. The summed E-state index contributed by atoms with van der Waals surface area (Å²) >= 11 is 0. The Morgan fingerprint density at radius 2 is 0.912 bits per heavy atom. The molecule has 2 aromatic heterocycles. The van der Waals surface area contributed by atoms with E-state index in [4.69, 9.17) is 8.83 Å². The summed E-state index contributed by atoms with van der Waals surface area (Å²) in [5, 5.41) is 4.49. The van der Waals surface area contributed by atoms with Gasteiger partial charge in [0.15, 0.2) is 11.2 Å². The third-order valence-corrected chi connectivity index (χ3v) is 15.0. The Hall–Kier alpha value is -7.30. The molecule has 68 heavy (non-hydrogen) atoms. The highest BCUT2D eigenvalue weighted by molar-refractivity contribution is 6.11. The number of hydrogen-bond acceptors (Lipinski definition) is 4. The van der Waals surface area contributed by atoms with Crippen LogP contribution >= 0.6 is 0 Å². The van der Waals surface area contributed by atoms with Crippen molar-refractivity contribution in [2.24, 2.45) is 23.7 Å². The Kier molecular flexibility index (Phi) is 10.0. The third-order valence-electron chi connectivity index (χ3n) is 15.0. The van der Waals surface area contributed by atoms with E-state index < -0.39 is 0 Å². The average molecular weight is 887 g/mol. The molecule has 0 fully saturated rings. The van der Waals surface area contributed by atoms with Crippen LogP contribution in [0, 0.1) is 23.7 Å². The first-order chi connectivity index (χ1) is 33.0. The summed E-state index contributed by atoms with van der Waals surface area (Å²) in [6.07, 6.45) is 14.8. The molecule has 2 heterocycles. The van der Waals surface area contributed by atoms with Crippen molar-refractivity contribution < 1.29 is 8.83 Å². The molecule has 4 aliphatic rings. The van der Waals surface area contributed by atoms with Gasteiger partial charge in [-0.25, -0.2) is 0 Å². The van der Waals surface area contributed by atoms with Crippen molar-refractivity contribution in [1.82, 2.24) is 0 Å². The second kappa shape index (κ2) is 16.2. The Labute approximate surface area is 400 Å². The van der Waals surface area contributed by atoms with Gasteiger partial charge < -0.3 is 18.6 Å². The lowest BCUT2D eigenvalue weighted by Crippen LogP contribution is -2.38. The van der Waals surface area contributed by atoms with Crippen molar-refractivity contribution in [2.45, 2.75) is 67.2 Å². The van der Waals surface area contributed by atoms with Gasteiger partial charge in [0.25, 0.3) is 0 Å². The number of hydrogen-bond donors (Lipinski definition) is 0. The van der Waals surface area contributed by atoms with Crippen LogP contribution in [0.5, 0.6) is 0 Å². The fourth-order valence-electron chi connectivity index (χ4n) is 11.5. The molecule has 4 heteroatoms. The largest absolute Gasteiger partial charge is 0.454 e. The zero-order chi connectivity index (χ0) is 46.5. The molecule has 0 N–H and O–H groups in total. The van der Waals surface area contributed by atoms with Crippen molar-refractivity contribution in [3.8, 4) is 0 Å². The van der Waals surface area contributed by atoms with E-state index in [1.165, 1.54) is 56.0 Å². The molecule has 12 rings (SSSR count). The number of fused-ring (bicyclic) bond motifs is 6. The van der Waals surface area contributed by atoms with Crippen LogP contribution in [0.25, 0.3) is 43.9 Å². The van der Waals surface area contributed by atoms with Crippen LogP contribution in [-0.2, 0) is 0 Å². The Morgan fingerprint density at radius 1 is 0.426 bits per heavy atom. The predicted molar refractivity (Wildman–Crippen MR) is 285 cm³/mol. The maximum Gasteiger partial charge on any atom is 0.159 e. The van der Waals surface area contributed by atoms with Gasteiger partial charge in [0, 0.05) is 44.8 Å². The highest BCUT2D eigenvalue weighted by Gasteiger charge is 2.46. The molecule has 0 saturated carbocycles. The van der Waals surface area contributed by atoms with E-state index >= 15 is 0 Å². The summed E-state index contributed by atoms with van der Waals surface area (Å²) in [7, 11) is 0. The van der Waals surface area contributed by atoms with Crippen LogP contribution in [0.3, 0.4) is 0 Å². The summed E-state index contributed by atoms with van der Waals surface area (Å²) in [6.45, 7) is 18.5. The average Bonchev–Trinajstić information content (AvgIpc) is 3.93. The second-order valence-electron chi connectivity index (χ2n) is 20.4. The summed E-state index contributed by atoms with van der Waals surface area (Å²) in [4.78, 5) is 4.99. The number of allylic oxidation sites excluding steroid dienone is 12. The van der Waals surface area contributed by atoms with Crippen molar-refractivity contribution in [2.75, 3.05) is 9.80 Å². The summed E-state index contributed by atoms with van der Waals surface area (Å²) < 4.78 is 13.7. The van der Waals surface area contributed by atoms with E-state index in [-0.39, 0.29) is 23.7 Å². The maximum atomic E-state index is 6.87. The normalized spacial score (nSPS) is 17.8. The predicted octanol–water partition coefficient (Wildman–Crippen LogP) is 18.1. The van der Waals surface area contributed by atoms with Gasteiger partial charge >= 0.3 is 0 Å². The molecule has 0 saturated heterocycles. The summed E-state index contributed by atoms with van der Waals surface area (Å²) in [6, 6.07) is 48.6. The molecule has 2 atom stereocenters. The van der Waals surface area contributed by atoms with Gasteiger partial charge in [0.1, 0.15) is 11.2 Å². The molecule has 6 aromatic carbocycles. The van der Waals surface area contributed by atoms with Crippen molar-refractivity contribution in [3.63, 3.8) is 0 Å². The summed E-state index contributed by atoms with van der Waals surface area (Å²) in [5.41, 5.74) is 21.1. The molecule has 4 aliphatic carbocycles. The number of nitrogens with zero attached hydrogens (tertiary/aromatic N) is 2. The van der Waals surface area contributed by atoms with Gasteiger partial charge in [0.2, 0.25) is 0 Å². The minimum Gasteiger partial charge on any atom is -0.454 e. The summed E-state index contributed by atoms with van der Waals surface area (Å²) in [5.74, 6) is 1.55. The van der Waals surface area contributed by atoms with Crippen molar-refractivity contribution >= 4 is 66.6 Å². The van der Waals surface area contributed by atoms with Crippen LogP contribution in [0.1, 0.15) is 78.4 Å². The van der Waals surface area contributed by atoms with Gasteiger partial charge in [-0.1, -0.05) is 165 Å². The molecule has 0 bridgehead atoms. The highest BCUT2D eigenvalue weighted by atomic mass is 16.3. The van der Waals surface area contributed by atoms with Crippen LogP contribution in [0.15, 0.2) is 224 Å². The minimum absolute atomic E-state index is 0.0734. The number of rotatable bonds is 10. The molecular formula is C64H58N2O2. The Balaban J connectivity index is 1.11. The molecule has 0 radical (unpaired) electrons. The lowest BCUT2D eigenvalue weighted by Gasteiger charge is -2.48. The van der Waals surface area contributed by atoms with Crippen LogP contribution in [-0.4, -0.2) is 0 Å². The lowest BCUT2D eigenvalue weighted by molar-refractivity contribution is 0.522. The third kappa shape index (κ3) is 6.55. The number of furan rings is 2. The molecule has 4 nitrogen and oxygen atoms in total. The topological polar surface area (TPSA) is 32.8 Å². The van der Waals surface area contributed by atoms with Crippen LogP contribution < -0.4 is 9.80 Å². The fraction of sp³-hybridized carbons (Fsp3) is 0.219. The fourth-order valence-corrected chi connectivity index (χ4v) is 11.5. The molecule has 0 aliphatic heterocycles. The Morgan fingerprint density at radius 3 is 1.46 bits per heavy atom. The van der Waals surface area contributed by atoms with E-state index in [0.29, 0.717) is 11.8 Å². The van der Waals surface area contributed by atoms with E-state index in [1.54, 1.807) is 0 Å². The van der Waals surface area contributed by atoms with Gasteiger partial charge in [-0.05, 0) is 129 Å². The van der Waals surface area contributed by atoms with Crippen molar-refractivity contribution in [1.29, 1.82) is 0 Å². The molecule has 8 aromatic rings. The first kappa shape index (κ1) is 42.1. The molecule has 336 valence electrons. The van der Waals surface area contributed by atoms with Crippen molar-refractivity contribution in [3.05, 3.63) is 226 Å². The zero-order valence-electron chi connectivity index (χ0n) is 40.3. The standard InChI is InChI=1S/C64H58N2O2/c1-37(2)41-23-27-43(28-24-41)65(55-19-13-17-49-45-15-9-11-21-59(45)67-63(49)55)57-35-53(39(5)6)47-32-34-52-58(36-54(40(7)8)48-31-33-51(57)61(47)62(48)52)66(44-29-25-42(26-30-44)38(3)4)56-20-14-18-50-46-16-10-12-22-60(46)68-64(50)56/h9-40,61-62H,1-8H3. The SMILES string of the molecule is CC(C)C1=CC(N(c2ccc(C(C)C)cc2)c2cccc3c2oc2ccccc23)=C2C=CC3=C(C(C)C)C=C(N(c4ccc(C(C)C)cc4)c4cccc5c4oc4ccccc45)C4=CC=C1C2C43. The van der Waals surface area contributed by atoms with E-state index in [9.17, 15) is 0 Å². The van der Waals surface area contributed by atoms with Gasteiger partial charge in [-0.2, -0.15) is 0 Å². The van der Waals surface area contributed by atoms with E-state index in [0.717, 1.165) is 66.6 Å². The van der Waals surface area contributed by atoms with E-state index in [1.807, 2.05) is 0 Å². The highest BCUT2D eigenvalue weighted by Crippen LogP contribution is 2.58. The Bertz CT molecular complexity index is 3570. The minimum atomic E-state index is 0.0734. The second-order valence-corrected chi connectivity index (χ2v) is 20.4. The first-order valence-corrected chi connectivity index (χ1v) is 24.7. The monoisotopic (exact) mass is 886 g/mol.